The third-order valence-electron chi connectivity index (χ3n) is 2.45. The van der Waals surface area contributed by atoms with Gasteiger partial charge in [-0.2, -0.15) is 5.26 Å². The molecule has 2 rings (SSSR count). The van der Waals surface area contributed by atoms with E-state index in [9.17, 15) is 4.39 Å². The van der Waals surface area contributed by atoms with Gasteiger partial charge in [0.1, 0.15) is 24.2 Å². The van der Waals surface area contributed by atoms with E-state index < -0.39 is 0 Å². The highest BCUT2D eigenvalue weighted by Gasteiger charge is 2.07. The third-order valence-corrected chi connectivity index (χ3v) is 3.44. The smallest absolute Gasteiger partial charge is 0.137 e. The summed E-state index contributed by atoms with van der Waals surface area (Å²) in [5.74, 6) is 0.101. The van der Waals surface area contributed by atoms with E-state index in [-0.39, 0.29) is 12.4 Å². The van der Waals surface area contributed by atoms with E-state index >= 15 is 0 Å². The second-order valence-corrected chi connectivity index (χ2v) is 5.61. The molecule has 0 atom stereocenters. The summed E-state index contributed by atoms with van der Waals surface area (Å²) >= 11 is 6.56. The van der Waals surface area contributed by atoms with E-state index in [1.165, 1.54) is 6.07 Å². The van der Waals surface area contributed by atoms with Gasteiger partial charge in [0.15, 0.2) is 0 Å². The molecular formula is C14H8Br2FNO. The first-order valence-corrected chi connectivity index (χ1v) is 6.95. The molecule has 0 fully saturated rings. The maximum atomic E-state index is 13.5. The molecule has 0 spiro atoms. The molecule has 0 saturated heterocycles. The fourth-order valence-electron chi connectivity index (χ4n) is 1.52. The van der Waals surface area contributed by atoms with Crippen molar-refractivity contribution in [1.82, 2.24) is 0 Å². The van der Waals surface area contributed by atoms with Gasteiger partial charge < -0.3 is 4.74 Å². The average molecular weight is 385 g/mol. The van der Waals surface area contributed by atoms with Crippen LogP contribution in [-0.4, -0.2) is 0 Å². The fourth-order valence-corrected chi connectivity index (χ4v) is 2.29. The Morgan fingerprint density at radius 1 is 1.11 bits per heavy atom. The molecule has 2 aromatic rings. The first-order chi connectivity index (χ1) is 9.10. The van der Waals surface area contributed by atoms with Crippen molar-refractivity contribution in [2.24, 2.45) is 0 Å². The lowest BCUT2D eigenvalue weighted by molar-refractivity contribution is 0.299. The van der Waals surface area contributed by atoms with E-state index in [2.05, 4.69) is 31.9 Å². The molecule has 0 aromatic heterocycles. The number of hydrogen-bond acceptors (Lipinski definition) is 2. The van der Waals surface area contributed by atoms with Crippen LogP contribution in [0.15, 0.2) is 45.3 Å². The predicted molar refractivity (Wildman–Crippen MR) is 77.3 cm³/mol. The van der Waals surface area contributed by atoms with E-state index in [0.717, 1.165) is 8.95 Å². The van der Waals surface area contributed by atoms with Crippen LogP contribution in [0.3, 0.4) is 0 Å². The lowest BCUT2D eigenvalue weighted by Crippen LogP contribution is -2.00. The highest BCUT2D eigenvalue weighted by molar-refractivity contribution is 9.10. The molecule has 5 heteroatoms. The third kappa shape index (κ3) is 3.55. The van der Waals surface area contributed by atoms with E-state index in [1.807, 2.05) is 6.07 Å². The van der Waals surface area contributed by atoms with Crippen LogP contribution < -0.4 is 4.74 Å². The van der Waals surface area contributed by atoms with Crippen molar-refractivity contribution in [2.45, 2.75) is 6.61 Å². The largest absolute Gasteiger partial charge is 0.487 e. The summed E-state index contributed by atoms with van der Waals surface area (Å²) in [5.41, 5.74) is 0.839. The molecule has 2 aromatic carbocycles. The molecule has 0 saturated carbocycles. The Balaban J connectivity index is 2.19. The number of halogens is 3. The molecule has 0 N–H and O–H groups in total. The maximum Gasteiger partial charge on any atom is 0.137 e. The summed E-state index contributed by atoms with van der Waals surface area (Å²) in [6, 6.07) is 11.8. The molecular weight excluding hydrogens is 377 g/mol. The van der Waals surface area contributed by atoms with Crippen molar-refractivity contribution < 1.29 is 9.13 Å². The molecule has 2 nitrogen and oxygen atoms in total. The summed E-state index contributed by atoms with van der Waals surface area (Å²) in [6.45, 7) is 0.0710. The Hall–Kier alpha value is -1.38. The fraction of sp³-hybridized carbons (Fsp3) is 0.0714. The number of nitrogens with zero attached hydrogens (tertiary/aromatic N) is 1. The standard InChI is InChI=1S/C14H8Br2FNO/c15-11-1-3-13(17)10(6-11)8-19-14-4-2-12(16)5-9(14)7-18/h1-6H,8H2. The number of rotatable bonds is 3. The van der Waals surface area contributed by atoms with E-state index in [1.54, 1.807) is 30.3 Å². The second-order valence-electron chi connectivity index (χ2n) is 3.78. The molecule has 96 valence electrons. The van der Waals surface area contributed by atoms with Crippen molar-refractivity contribution in [3.05, 3.63) is 62.3 Å². The zero-order valence-electron chi connectivity index (χ0n) is 9.66. The first kappa shape index (κ1) is 14.0. The van der Waals surface area contributed by atoms with Crippen LogP contribution in [0, 0.1) is 17.1 Å². The summed E-state index contributed by atoms with van der Waals surface area (Å²) in [4.78, 5) is 0. The minimum atomic E-state index is -0.334. The number of hydrogen-bond donors (Lipinski definition) is 0. The summed E-state index contributed by atoms with van der Waals surface area (Å²) < 4.78 is 20.6. The van der Waals surface area contributed by atoms with Crippen LogP contribution >= 0.6 is 31.9 Å². The average Bonchev–Trinajstić information content (AvgIpc) is 2.40. The minimum absolute atomic E-state index is 0.0710. The Kier molecular flexibility index (Phi) is 4.56. The molecule has 0 unspecified atom stereocenters. The highest BCUT2D eigenvalue weighted by Crippen LogP contribution is 2.24. The lowest BCUT2D eigenvalue weighted by atomic mass is 10.2. The first-order valence-electron chi connectivity index (χ1n) is 5.36. The van der Waals surface area contributed by atoms with Gasteiger partial charge in [-0.25, -0.2) is 4.39 Å². The molecule has 0 heterocycles. The molecule has 0 aliphatic rings. The Labute approximate surface area is 127 Å². The SMILES string of the molecule is N#Cc1cc(Br)ccc1OCc1cc(Br)ccc1F. The van der Waals surface area contributed by atoms with Crippen LogP contribution in [-0.2, 0) is 6.61 Å². The van der Waals surface area contributed by atoms with Crippen molar-refractivity contribution in [3.63, 3.8) is 0 Å². The molecule has 0 aliphatic carbocycles. The van der Waals surface area contributed by atoms with Gasteiger partial charge in [-0.1, -0.05) is 31.9 Å². The Morgan fingerprint density at radius 3 is 2.53 bits per heavy atom. The number of ether oxygens (including phenoxy) is 1. The van der Waals surface area contributed by atoms with Crippen LogP contribution in [0.1, 0.15) is 11.1 Å². The van der Waals surface area contributed by atoms with E-state index in [4.69, 9.17) is 10.00 Å². The Bertz CT molecular complexity index is 652. The highest BCUT2D eigenvalue weighted by atomic mass is 79.9. The summed E-state index contributed by atoms with van der Waals surface area (Å²) in [5, 5.41) is 9.01. The van der Waals surface area contributed by atoms with Crippen LogP contribution in [0.25, 0.3) is 0 Å². The van der Waals surface area contributed by atoms with Gasteiger partial charge in [-0.15, -0.1) is 0 Å². The van der Waals surface area contributed by atoms with Crippen LogP contribution in [0.2, 0.25) is 0 Å². The normalized spacial score (nSPS) is 10.0. The van der Waals surface area contributed by atoms with Crippen molar-refractivity contribution in [1.29, 1.82) is 5.26 Å². The van der Waals surface area contributed by atoms with Crippen LogP contribution in [0.4, 0.5) is 4.39 Å². The van der Waals surface area contributed by atoms with Crippen molar-refractivity contribution in [3.8, 4) is 11.8 Å². The van der Waals surface area contributed by atoms with Gasteiger partial charge in [-0.05, 0) is 36.4 Å². The predicted octanol–water partition coefficient (Wildman–Crippen LogP) is 4.80. The van der Waals surface area contributed by atoms with Crippen molar-refractivity contribution >= 4 is 31.9 Å². The van der Waals surface area contributed by atoms with Gasteiger partial charge in [0.05, 0.1) is 5.56 Å². The quantitative estimate of drug-likeness (QED) is 0.761. The zero-order valence-corrected chi connectivity index (χ0v) is 12.8. The molecule has 0 amide bonds. The maximum absolute atomic E-state index is 13.5. The van der Waals surface area contributed by atoms with Gasteiger partial charge in [0.2, 0.25) is 0 Å². The van der Waals surface area contributed by atoms with Gasteiger partial charge in [0, 0.05) is 14.5 Å². The molecule has 0 bridgehead atoms. The minimum Gasteiger partial charge on any atom is -0.487 e. The Morgan fingerprint density at radius 2 is 1.79 bits per heavy atom. The lowest BCUT2D eigenvalue weighted by Gasteiger charge is -2.09. The second kappa shape index (κ2) is 6.18. The van der Waals surface area contributed by atoms with Crippen molar-refractivity contribution in [2.75, 3.05) is 0 Å². The molecule has 0 aliphatic heterocycles. The van der Waals surface area contributed by atoms with Gasteiger partial charge >= 0.3 is 0 Å². The van der Waals surface area contributed by atoms with Gasteiger partial charge in [0.25, 0.3) is 0 Å². The monoisotopic (exact) mass is 383 g/mol. The molecule has 0 radical (unpaired) electrons. The van der Waals surface area contributed by atoms with Gasteiger partial charge in [-0.3, -0.25) is 0 Å². The summed E-state index contributed by atoms with van der Waals surface area (Å²) in [7, 11) is 0. The number of benzene rings is 2. The zero-order chi connectivity index (χ0) is 13.8. The topological polar surface area (TPSA) is 33.0 Å². The molecule has 19 heavy (non-hydrogen) atoms. The number of nitriles is 1. The summed E-state index contributed by atoms with van der Waals surface area (Å²) in [6.07, 6.45) is 0. The van der Waals surface area contributed by atoms with E-state index in [0.29, 0.717) is 16.9 Å². The van der Waals surface area contributed by atoms with Crippen LogP contribution in [0.5, 0.6) is 5.75 Å².